The maximum atomic E-state index is 4.27. The van der Waals surface area contributed by atoms with Gasteiger partial charge in [0.25, 0.3) is 0 Å². The number of aryl methyl sites for hydroxylation is 1. The minimum Gasteiger partial charge on any atom is -0.266 e. The van der Waals surface area contributed by atoms with Crippen LogP contribution in [0.1, 0.15) is 11.4 Å². The molecule has 12 heavy (non-hydrogen) atoms. The Kier molecular flexibility index (Phi) is 1.91. The van der Waals surface area contributed by atoms with Crippen molar-refractivity contribution < 1.29 is 0 Å². The Labute approximate surface area is 74.7 Å². The van der Waals surface area contributed by atoms with Gasteiger partial charge in [0.2, 0.25) is 0 Å². The molecule has 0 aliphatic carbocycles. The van der Waals surface area contributed by atoms with Crippen LogP contribution >= 0.6 is 11.3 Å². The van der Waals surface area contributed by atoms with Crippen molar-refractivity contribution in [3.63, 3.8) is 0 Å². The van der Waals surface area contributed by atoms with E-state index in [1.807, 2.05) is 34.8 Å². The molecule has 3 nitrogen and oxygen atoms in total. The van der Waals surface area contributed by atoms with Crippen molar-refractivity contribution in [2.45, 2.75) is 13.5 Å². The van der Waals surface area contributed by atoms with E-state index in [2.05, 4.69) is 10.1 Å². The molecule has 0 aliphatic rings. The highest BCUT2D eigenvalue weighted by molar-refractivity contribution is 7.07. The fourth-order valence-corrected chi connectivity index (χ4v) is 1.58. The second-order valence-corrected chi connectivity index (χ2v) is 3.35. The van der Waals surface area contributed by atoms with Crippen molar-refractivity contribution in [3.8, 4) is 0 Å². The van der Waals surface area contributed by atoms with Crippen LogP contribution in [0.4, 0.5) is 0 Å². The topological polar surface area (TPSA) is 30.7 Å². The van der Waals surface area contributed by atoms with E-state index < -0.39 is 0 Å². The van der Waals surface area contributed by atoms with Crippen LogP contribution in [0.2, 0.25) is 0 Å². The van der Waals surface area contributed by atoms with E-state index in [4.69, 9.17) is 0 Å². The molecule has 0 bridgehead atoms. The van der Waals surface area contributed by atoms with Crippen LogP contribution in [-0.4, -0.2) is 14.8 Å². The van der Waals surface area contributed by atoms with Gasteiger partial charge in [-0.25, -0.2) is 4.98 Å². The molecule has 2 rings (SSSR count). The highest BCUT2D eigenvalue weighted by Gasteiger charge is 1.97. The predicted molar refractivity (Wildman–Crippen MR) is 48.2 cm³/mol. The lowest BCUT2D eigenvalue weighted by Gasteiger charge is -1.95. The first-order valence-electron chi connectivity index (χ1n) is 3.72. The summed E-state index contributed by atoms with van der Waals surface area (Å²) in [6.45, 7) is 2.76. The van der Waals surface area contributed by atoms with Gasteiger partial charge in [-0.05, 0) is 13.0 Å². The minimum absolute atomic E-state index is 0.775. The molecule has 2 aromatic heterocycles. The van der Waals surface area contributed by atoms with Crippen molar-refractivity contribution in [1.29, 1.82) is 0 Å². The van der Waals surface area contributed by atoms with E-state index in [-0.39, 0.29) is 0 Å². The Bertz CT molecular complexity index is 350. The van der Waals surface area contributed by atoms with Gasteiger partial charge in [0.15, 0.2) is 0 Å². The van der Waals surface area contributed by atoms with Gasteiger partial charge in [-0.2, -0.15) is 5.10 Å². The van der Waals surface area contributed by atoms with Crippen LogP contribution in [0.5, 0.6) is 0 Å². The lowest BCUT2D eigenvalue weighted by molar-refractivity contribution is 0.669. The third-order valence-corrected chi connectivity index (χ3v) is 2.22. The number of rotatable bonds is 2. The third kappa shape index (κ3) is 1.53. The highest BCUT2D eigenvalue weighted by atomic mass is 32.1. The molecule has 0 aromatic carbocycles. The standard InChI is InChI=1S/C8H9N3S/c1-7-2-3-11(10-7)4-8-5-12-6-9-8/h2-3,5-6H,4H2,1H3. The van der Waals surface area contributed by atoms with Crippen LogP contribution < -0.4 is 0 Å². The van der Waals surface area contributed by atoms with Gasteiger partial charge in [0.1, 0.15) is 0 Å². The summed E-state index contributed by atoms with van der Waals surface area (Å²) in [5.41, 5.74) is 3.96. The summed E-state index contributed by atoms with van der Waals surface area (Å²) in [5.74, 6) is 0. The average molecular weight is 179 g/mol. The Balaban J connectivity index is 2.14. The normalized spacial score (nSPS) is 10.4. The van der Waals surface area contributed by atoms with E-state index in [9.17, 15) is 0 Å². The second-order valence-electron chi connectivity index (χ2n) is 2.63. The van der Waals surface area contributed by atoms with Gasteiger partial charge in [0, 0.05) is 11.6 Å². The van der Waals surface area contributed by atoms with Crippen LogP contribution in [0, 0.1) is 6.92 Å². The predicted octanol–water partition coefficient (Wildman–Crippen LogP) is 1.70. The summed E-state index contributed by atoms with van der Waals surface area (Å²) in [4.78, 5) is 4.18. The monoisotopic (exact) mass is 179 g/mol. The Morgan fingerprint density at radius 2 is 2.50 bits per heavy atom. The number of thiazole rings is 1. The molecule has 0 unspecified atom stereocenters. The van der Waals surface area contributed by atoms with Crippen molar-refractivity contribution in [2.24, 2.45) is 0 Å². The summed E-state index contributed by atoms with van der Waals surface area (Å²) >= 11 is 1.61. The van der Waals surface area contributed by atoms with Gasteiger partial charge >= 0.3 is 0 Å². The first-order chi connectivity index (χ1) is 5.84. The molecule has 0 aliphatic heterocycles. The van der Waals surface area contributed by atoms with Crippen LogP contribution in [0.25, 0.3) is 0 Å². The molecular formula is C8H9N3S. The largest absolute Gasteiger partial charge is 0.266 e. The molecule has 0 fully saturated rings. The summed E-state index contributed by atoms with van der Waals surface area (Å²) < 4.78 is 1.89. The Morgan fingerprint density at radius 3 is 3.08 bits per heavy atom. The van der Waals surface area contributed by atoms with Gasteiger partial charge in [-0.1, -0.05) is 0 Å². The quantitative estimate of drug-likeness (QED) is 0.702. The highest BCUT2D eigenvalue weighted by Crippen LogP contribution is 2.03. The Morgan fingerprint density at radius 1 is 1.58 bits per heavy atom. The van der Waals surface area contributed by atoms with E-state index in [0.29, 0.717) is 0 Å². The molecule has 0 spiro atoms. The third-order valence-electron chi connectivity index (χ3n) is 1.58. The molecule has 2 heterocycles. The van der Waals surface area contributed by atoms with Crippen LogP contribution in [0.15, 0.2) is 23.2 Å². The van der Waals surface area contributed by atoms with E-state index in [1.54, 1.807) is 11.3 Å². The average Bonchev–Trinajstić information content (AvgIpc) is 2.63. The van der Waals surface area contributed by atoms with Gasteiger partial charge in [-0.3, -0.25) is 4.68 Å². The van der Waals surface area contributed by atoms with Crippen molar-refractivity contribution in [3.05, 3.63) is 34.5 Å². The van der Waals surface area contributed by atoms with Crippen LogP contribution in [-0.2, 0) is 6.54 Å². The summed E-state index contributed by atoms with van der Waals surface area (Å²) in [6, 6.07) is 1.99. The van der Waals surface area contributed by atoms with Gasteiger partial charge in [0.05, 0.1) is 23.4 Å². The molecule has 0 amide bonds. The maximum Gasteiger partial charge on any atom is 0.0839 e. The van der Waals surface area contributed by atoms with E-state index >= 15 is 0 Å². The van der Waals surface area contributed by atoms with E-state index in [0.717, 1.165) is 17.9 Å². The molecule has 0 N–H and O–H groups in total. The van der Waals surface area contributed by atoms with Crippen molar-refractivity contribution >= 4 is 11.3 Å². The first kappa shape index (κ1) is 7.49. The molecule has 0 saturated carbocycles. The van der Waals surface area contributed by atoms with Gasteiger partial charge in [-0.15, -0.1) is 11.3 Å². The molecule has 62 valence electrons. The lowest BCUT2D eigenvalue weighted by Crippen LogP contribution is -2.00. The summed E-state index contributed by atoms with van der Waals surface area (Å²) in [7, 11) is 0. The molecule has 2 aromatic rings. The maximum absolute atomic E-state index is 4.27. The SMILES string of the molecule is Cc1ccn(Cc2cscn2)n1. The zero-order valence-corrected chi connectivity index (χ0v) is 7.58. The zero-order chi connectivity index (χ0) is 8.39. The van der Waals surface area contributed by atoms with Crippen molar-refractivity contribution in [1.82, 2.24) is 14.8 Å². The second kappa shape index (κ2) is 3.06. The lowest BCUT2D eigenvalue weighted by atomic mass is 10.5. The molecular weight excluding hydrogens is 170 g/mol. The Hall–Kier alpha value is -1.16. The van der Waals surface area contributed by atoms with Crippen LogP contribution in [0.3, 0.4) is 0 Å². The smallest absolute Gasteiger partial charge is 0.0839 e. The fourth-order valence-electron chi connectivity index (χ4n) is 1.03. The minimum atomic E-state index is 0.775. The van der Waals surface area contributed by atoms with Crippen molar-refractivity contribution in [2.75, 3.05) is 0 Å². The first-order valence-corrected chi connectivity index (χ1v) is 4.66. The number of hydrogen-bond acceptors (Lipinski definition) is 3. The van der Waals surface area contributed by atoms with Gasteiger partial charge < -0.3 is 0 Å². The number of nitrogens with zero attached hydrogens (tertiary/aromatic N) is 3. The zero-order valence-electron chi connectivity index (χ0n) is 6.77. The summed E-state index contributed by atoms with van der Waals surface area (Å²) in [6.07, 6.45) is 1.97. The molecule has 0 radical (unpaired) electrons. The molecule has 4 heteroatoms. The number of aromatic nitrogens is 3. The summed E-state index contributed by atoms with van der Waals surface area (Å²) in [5, 5.41) is 6.31. The molecule has 0 saturated heterocycles. The van der Waals surface area contributed by atoms with E-state index in [1.165, 1.54) is 0 Å². The molecule has 0 atom stereocenters. The number of hydrogen-bond donors (Lipinski definition) is 0. The fraction of sp³-hybridized carbons (Fsp3) is 0.250.